The molecule has 1 fully saturated rings. The average Bonchev–Trinajstić information content (AvgIpc) is 3.46. The number of carbonyl (C=O) groups is 1. The lowest BCUT2D eigenvalue weighted by atomic mass is 9.86. The molecule has 3 aromatic rings. The molecule has 0 N–H and O–H groups in total. The molecular formula is C23H24N4O. The molecule has 1 heterocycles. The Morgan fingerprint density at radius 1 is 1.04 bits per heavy atom. The van der Waals surface area contributed by atoms with E-state index in [1.165, 1.54) is 11.1 Å². The van der Waals surface area contributed by atoms with E-state index in [1.54, 1.807) is 10.9 Å². The first-order chi connectivity index (χ1) is 13.8. The van der Waals surface area contributed by atoms with E-state index < -0.39 is 0 Å². The molecule has 1 atom stereocenters. The summed E-state index contributed by atoms with van der Waals surface area (Å²) in [5.74, 6) is 0.0171. The number of carbonyl (C=O) groups excluding carboxylic acids is 1. The van der Waals surface area contributed by atoms with Crippen molar-refractivity contribution >= 4 is 5.91 Å². The first-order valence-electron chi connectivity index (χ1n) is 10.1. The van der Waals surface area contributed by atoms with Gasteiger partial charge in [-0.25, -0.2) is 4.68 Å². The zero-order valence-electron chi connectivity index (χ0n) is 15.9. The maximum Gasteiger partial charge on any atom is 0.276 e. The number of rotatable bonds is 5. The van der Waals surface area contributed by atoms with E-state index in [0.29, 0.717) is 18.3 Å². The van der Waals surface area contributed by atoms with Crippen LogP contribution in [0.15, 0.2) is 60.8 Å². The SMILES string of the molecule is O=C(c1cn(Cc2ccccc2)nn1)N(C1CC1)C1CCCc2ccccc21. The van der Waals surface area contributed by atoms with Gasteiger partial charge >= 0.3 is 0 Å². The summed E-state index contributed by atoms with van der Waals surface area (Å²) in [5.41, 5.74) is 4.29. The Kier molecular flexibility index (Phi) is 4.43. The minimum absolute atomic E-state index is 0.0171. The van der Waals surface area contributed by atoms with Gasteiger partial charge < -0.3 is 4.90 Å². The number of aromatic nitrogens is 3. The highest BCUT2D eigenvalue weighted by Crippen LogP contribution is 2.41. The molecule has 0 bridgehead atoms. The fourth-order valence-electron chi connectivity index (χ4n) is 4.31. The van der Waals surface area contributed by atoms with Crippen molar-refractivity contribution in [1.82, 2.24) is 19.9 Å². The lowest BCUT2D eigenvalue weighted by Gasteiger charge is -2.35. The van der Waals surface area contributed by atoms with Crippen molar-refractivity contribution < 1.29 is 4.79 Å². The van der Waals surface area contributed by atoms with Crippen LogP contribution in [0, 0.1) is 0 Å². The van der Waals surface area contributed by atoms with Crippen molar-refractivity contribution in [3.05, 3.63) is 83.2 Å². The molecule has 28 heavy (non-hydrogen) atoms. The Labute approximate surface area is 165 Å². The second-order valence-electron chi connectivity index (χ2n) is 7.84. The molecule has 1 saturated carbocycles. The summed E-state index contributed by atoms with van der Waals surface area (Å²) in [7, 11) is 0. The number of hydrogen-bond acceptors (Lipinski definition) is 3. The van der Waals surface area contributed by atoms with E-state index in [1.807, 2.05) is 18.2 Å². The molecule has 2 aliphatic rings. The lowest BCUT2D eigenvalue weighted by Crippen LogP contribution is -2.38. The normalized spacial score (nSPS) is 18.5. The van der Waals surface area contributed by atoms with Crippen LogP contribution < -0.4 is 0 Å². The van der Waals surface area contributed by atoms with Gasteiger partial charge in [-0.1, -0.05) is 59.8 Å². The second-order valence-corrected chi connectivity index (χ2v) is 7.84. The fourth-order valence-corrected chi connectivity index (χ4v) is 4.31. The van der Waals surface area contributed by atoms with E-state index in [2.05, 4.69) is 51.6 Å². The minimum Gasteiger partial charge on any atom is -0.327 e. The zero-order chi connectivity index (χ0) is 18.9. The van der Waals surface area contributed by atoms with Crippen molar-refractivity contribution in [3.8, 4) is 0 Å². The predicted molar refractivity (Wildman–Crippen MR) is 107 cm³/mol. The van der Waals surface area contributed by atoms with Crippen LogP contribution in [0.5, 0.6) is 0 Å². The molecule has 5 nitrogen and oxygen atoms in total. The maximum absolute atomic E-state index is 13.4. The summed E-state index contributed by atoms with van der Waals surface area (Å²) in [4.78, 5) is 15.5. The van der Waals surface area contributed by atoms with Gasteiger partial charge in [-0.3, -0.25) is 4.79 Å². The maximum atomic E-state index is 13.4. The van der Waals surface area contributed by atoms with Crippen LogP contribution in [0.3, 0.4) is 0 Å². The van der Waals surface area contributed by atoms with Gasteiger partial charge in [0.25, 0.3) is 5.91 Å². The van der Waals surface area contributed by atoms with E-state index in [4.69, 9.17) is 0 Å². The third kappa shape index (κ3) is 3.33. The Hall–Kier alpha value is -2.95. The molecule has 0 saturated heterocycles. The summed E-state index contributed by atoms with van der Waals surface area (Å²) in [5, 5.41) is 8.42. The largest absolute Gasteiger partial charge is 0.327 e. The molecule has 142 valence electrons. The summed E-state index contributed by atoms with van der Waals surface area (Å²) in [6, 6.07) is 19.2. The first-order valence-corrected chi connectivity index (χ1v) is 10.1. The van der Waals surface area contributed by atoms with Gasteiger partial charge in [-0.2, -0.15) is 0 Å². The third-order valence-electron chi connectivity index (χ3n) is 5.79. The molecule has 0 spiro atoms. The second kappa shape index (κ2) is 7.23. The van der Waals surface area contributed by atoms with Crippen molar-refractivity contribution in [1.29, 1.82) is 0 Å². The molecule has 0 radical (unpaired) electrons. The first kappa shape index (κ1) is 17.2. The van der Waals surface area contributed by atoms with Crippen LogP contribution in [0.2, 0.25) is 0 Å². The topological polar surface area (TPSA) is 51.0 Å². The summed E-state index contributed by atoms with van der Waals surface area (Å²) in [6.07, 6.45) is 7.22. The number of nitrogens with zero attached hydrogens (tertiary/aromatic N) is 4. The number of hydrogen-bond donors (Lipinski definition) is 0. The van der Waals surface area contributed by atoms with Crippen LogP contribution in [0.1, 0.15) is 58.9 Å². The molecule has 1 aromatic heterocycles. The lowest BCUT2D eigenvalue weighted by molar-refractivity contribution is 0.0631. The molecule has 1 amide bonds. The average molecular weight is 372 g/mol. The van der Waals surface area contributed by atoms with Crippen LogP contribution >= 0.6 is 0 Å². The van der Waals surface area contributed by atoms with E-state index in [0.717, 1.165) is 37.7 Å². The van der Waals surface area contributed by atoms with Crippen LogP contribution in [0.4, 0.5) is 0 Å². The van der Waals surface area contributed by atoms with Crippen molar-refractivity contribution in [2.75, 3.05) is 0 Å². The Bertz CT molecular complexity index is 977. The molecule has 2 aromatic carbocycles. The molecule has 5 rings (SSSR count). The van der Waals surface area contributed by atoms with Gasteiger partial charge in [0.1, 0.15) is 0 Å². The van der Waals surface area contributed by atoms with E-state index in [9.17, 15) is 4.79 Å². The monoisotopic (exact) mass is 372 g/mol. The molecular weight excluding hydrogens is 348 g/mol. The van der Waals surface area contributed by atoms with E-state index >= 15 is 0 Å². The van der Waals surface area contributed by atoms with Crippen LogP contribution in [0.25, 0.3) is 0 Å². The fraction of sp³-hybridized carbons (Fsp3) is 0.348. The summed E-state index contributed by atoms with van der Waals surface area (Å²) < 4.78 is 1.75. The predicted octanol–water partition coefficient (Wildman–Crippen LogP) is 4.01. The standard InChI is InChI=1S/C23H24N4O/c28-23(21-16-26(25-24-21)15-17-7-2-1-3-8-17)27(19-13-14-19)22-12-6-10-18-9-4-5-11-20(18)22/h1-5,7-9,11,16,19,22H,6,10,12-15H2. The molecule has 5 heteroatoms. The van der Waals surface area contributed by atoms with Crippen LogP contribution in [-0.4, -0.2) is 31.8 Å². The number of benzene rings is 2. The zero-order valence-corrected chi connectivity index (χ0v) is 15.9. The molecule has 2 aliphatic carbocycles. The van der Waals surface area contributed by atoms with Gasteiger partial charge in [0.2, 0.25) is 0 Å². The smallest absolute Gasteiger partial charge is 0.276 e. The number of fused-ring (bicyclic) bond motifs is 1. The highest BCUT2D eigenvalue weighted by molar-refractivity contribution is 5.92. The summed E-state index contributed by atoms with van der Waals surface area (Å²) in [6.45, 7) is 0.622. The van der Waals surface area contributed by atoms with Crippen molar-refractivity contribution in [2.24, 2.45) is 0 Å². The quantitative estimate of drug-likeness (QED) is 0.680. The van der Waals surface area contributed by atoms with Gasteiger partial charge in [0.05, 0.1) is 18.8 Å². The number of aryl methyl sites for hydroxylation is 1. The Morgan fingerprint density at radius 2 is 1.82 bits per heavy atom. The van der Waals surface area contributed by atoms with Crippen molar-refractivity contribution in [3.63, 3.8) is 0 Å². The summed E-state index contributed by atoms with van der Waals surface area (Å²) >= 11 is 0. The van der Waals surface area contributed by atoms with E-state index in [-0.39, 0.29) is 11.9 Å². The van der Waals surface area contributed by atoms with Crippen molar-refractivity contribution in [2.45, 2.75) is 50.7 Å². The van der Waals surface area contributed by atoms with Gasteiger partial charge in [0, 0.05) is 6.04 Å². The van der Waals surface area contributed by atoms with Gasteiger partial charge in [0.15, 0.2) is 5.69 Å². The van der Waals surface area contributed by atoms with Gasteiger partial charge in [-0.05, 0) is 48.8 Å². The molecule has 0 aliphatic heterocycles. The highest BCUT2D eigenvalue weighted by atomic mass is 16.2. The highest BCUT2D eigenvalue weighted by Gasteiger charge is 2.40. The Balaban J connectivity index is 1.40. The Morgan fingerprint density at radius 3 is 2.64 bits per heavy atom. The van der Waals surface area contributed by atoms with Gasteiger partial charge in [-0.15, -0.1) is 5.10 Å². The number of amides is 1. The molecule has 1 unspecified atom stereocenters. The third-order valence-corrected chi connectivity index (χ3v) is 5.79. The van der Waals surface area contributed by atoms with Crippen LogP contribution in [-0.2, 0) is 13.0 Å². The minimum atomic E-state index is 0.0171.